The van der Waals surface area contributed by atoms with Gasteiger partial charge in [-0.25, -0.2) is 25.8 Å². The number of hydrazine groups is 1. The van der Waals surface area contributed by atoms with Crippen LogP contribution in [-0.4, -0.2) is 91.8 Å². The first-order valence-electron chi connectivity index (χ1n) is 16.0. The Hall–Kier alpha value is -5.78. The van der Waals surface area contributed by atoms with Crippen LogP contribution in [0.15, 0.2) is 92.3 Å². The molecule has 59 heavy (non-hydrogen) atoms. The molecule has 0 saturated heterocycles. The SMILES string of the molecule is COC(C)(OC)c1ccccc1.FC(F)(F)c1nnc2cnccn12.NNc1nccnc1Cl.O=C(CNc1cnccn1)C(F)(F)F.Pc1nnc2c(Cl)nccn12. The first-order chi connectivity index (χ1) is 27.9. The lowest BCUT2D eigenvalue weighted by Gasteiger charge is -2.26. The summed E-state index contributed by atoms with van der Waals surface area (Å²) in [6, 6.07) is 9.85. The van der Waals surface area contributed by atoms with E-state index in [4.69, 9.17) is 38.5 Å². The Morgan fingerprint density at radius 2 is 1.42 bits per heavy atom. The molecule has 1 aromatic carbocycles. The number of nitrogen functional groups attached to an aromatic ring is 1. The summed E-state index contributed by atoms with van der Waals surface area (Å²) < 4.78 is 84.9. The Bertz CT molecular complexity index is 2340. The molecule has 0 amide bonds. The van der Waals surface area contributed by atoms with Crippen molar-refractivity contribution in [1.82, 2.24) is 59.1 Å². The maximum atomic E-state index is 12.2. The number of fused-ring (bicyclic) bond motifs is 2. The maximum Gasteiger partial charge on any atom is 0.452 e. The second-order valence-corrected chi connectivity index (χ2v) is 12.0. The summed E-state index contributed by atoms with van der Waals surface area (Å²) in [6.45, 7) is 1.06. The molecule has 0 fully saturated rings. The Morgan fingerprint density at radius 3 is 1.98 bits per heavy atom. The molecule has 18 nitrogen and oxygen atoms in total. The second-order valence-electron chi connectivity index (χ2n) is 10.7. The summed E-state index contributed by atoms with van der Waals surface area (Å²) in [6.07, 6.45) is 4.57. The minimum absolute atomic E-state index is 0.0785. The average Bonchev–Trinajstić information content (AvgIpc) is 3.86. The quantitative estimate of drug-likeness (QED) is 0.0629. The van der Waals surface area contributed by atoms with Crippen LogP contribution in [0.5, 0.6) is 0 Å². The van der Waals surface area contributed by atoms with Crippen LogP contribution >= 0.6 is 32.4 Å². The number of Topliss-reactive ketones (excluding diaryl/α,β-unsaturated/α-hetero) is 1. The summed E-state index contributed by atoms with van der Waals surface area (Å²) in [4.78, 5) is 32.6. The highest BCUT2D eigenvalue weighted by Crippen LogP contribution is 2.27. The summed E-state index contributed by atoms with van der Waals surface area (Å²) in [5, 5.41) is 16.8. The molecule has 0 aliphatic carbocycles. The number of benzene rings is 1. The maximum absolute atomic E-state index is 12.2. The fraction of sp³-hybridized carbons (Fsp3) is 0.219. The van der Waals surface area contributed by atoms with Crippen molar-refractivity contribution in [2.75, 3.05) is 31.5 Å². The molecule has 0 spiro atoms. The number of nitrogens with two attached hydrogens (primary N) is 1. The predicted octanol–water partition coefficient (Wildman–Crippen LogP) is 5.01. The third kappa shape index (κ3) is 14.5. The van der Waals surface area contributed by atoms with Gasteiger partial charge in [-0.3, -0.25) is 23.6 Å². The summed E-state index contributed by atoms with van der Waals surface area (Å²) in [7, 11) is 5.73. The number of carbonyl (C=O) groups is 1. The van der Waals surface area contributed by atoms with Gasteiger partial charge in [0.15, 0.2) is 38.8 Å². The van der Waals surface area contributed by atoms with Gasteiger partial charge in [0.1, 0.15) is 5.82 Å². The molecular weight excluding hydrogens is 858 g/mol. The first kappa shape index (κ1) is 47.6. The molecule has 7 aromatic rings. The molecule has 6 aromatic heterocycles. The van der Waals surface area contributed by atoms with E-state index in [1.807, 2.05) is 37.3 Å². The third-order valence-corrected chi connectivity index (χ3v) is 7.89. The van der Waals surface area contributed by atoms with Crippen LogP contribution in [0, 0.1) is 0 Å². The molecule has 1 atom stereocenters. The number of halogens is 8. The van der Waals surface area contributed by atoms with E-state index in [0.717, 1.165) is 21.7 Å². The summed E-state index contributed by atoms with van der Waals surface area (Å²) in [5.74, 6) is 2.03. The fourth-order valence-corrected chi connectivity index (χ4v) is 4.51. The minimum atomic E-state index is -4.81. The predicted molar refractivity (Wildman–Crippen MR) is 205 cm³/mol. The number of ether oxygens (including phenoxy) is 2. The average molecular weight is 891 g/mol. The number of hydrogen-bond acceptors (Lipinski definition) is 16. The van der Waals surface area contributed by atoms with E-state index in [-0.39, 0.29) is 16.6 Å². The van der Waals surface area contributed by atoms with E-state index in [0.29, 0.717) is 16.6 Å². The topological polar surface area (TPSA) is 223 Å². The Labute approximate surface area is 342 Å². The molecule has 314 valence electrons. The zero-order chi connectivity index (χ0) is 43.6. The van der Waals surface area contributed by atoms with Gasteiger partial charge in [-0.15, -0.1) is 20.4 Å². The number of alkyl halides is 6. The van der Waals surface area contributed by atoms with Gasteiger partial charge < -0.3 is 20.2 Å². The lowest BCUT2D eigenvalue weighted by Crippen LogP contribution is -2.29. The first-order valence-corrected chi connectivity index (χ1v) is 17.3. The van der Waals surface area contributed by atoms with Crippen LogP contribution in [-0.2, 0) is 26.2 Å². The Kier molecular flexibility index (Phi) is 18.1. The van der Waals surface area contributed by atoms with Gasteiger partial charge in [0.2, 0.25) is 5.82 Å². The highest BCUT2D eigenvalue weighted by Gasteiger charge is 2.38. The number of rotatable bonds is 7. The van der Waals surface area contributed by atoms with Crippen LogP contribution in [0.3, 0.4) is 0 Å². The number of carbonyl (C=O) groups excluding carboxylic acids is 1. The largest absolute Gasteiger partial charge is 0.452 e. The number of anilines is 2. The number of aromatic nitrogens is 12. The third-order valence-electron chi connectivity index (χ3n) is 6.95. The van der Waals surface area contributed by atoms with Crippen molar-refractivity contribution < 1.29 is 40.6 Å². The van der Waals surface area contributed by atoms with E-state index in [2.05, 4.69) is 70.3 Å². The molecule has 7 rings (SSSR count). The molecule has 27 heteroatoms. The zero-order valence-electron chi connectivity index (χ0n) is 30.6. The fourth-order valence-electron chi connectivity index (χ4n) is 3.90. The summed E-state index contributed by atoms with van der Waals surface area (Å²) in [5.41, 5.74) is 4.70. The van der Waals surface area contributed by atoms with Crippen molar-refractivity contribution >= 4 is 66.7 Å². The lowest BCUT2D eigenvalue weighted by molar-refractivity contribution is -0.201. The number of ketones is 1. The number of hydrogen-bond donors (Lipinski definition) is 3. The zero-order valence-corrected chi connectivity index (χ0v) is 33.3. The van der Waals surface area contributed by atoms with Gasteiger partial charge in [0.05, 0.1) is 18.9 Å². The minimum Gasteiger partial charge on any atom is -0.361 e. The van der Waals surface area contributed by atoms with Crippen molar-refractivity contribution in [3.05, 3.63) is 114 Å². The monoisotopic (exact) mass is 889 g/mol. The van der Waals surface area contributed by atoms with Gasteiger partial charge >= 0.3 is 12.4 Å². The molecular formula is C32H32Cl2F6N15O3P. The van der Waals surface area contributed by atoms with E-state index in [1.54, 1.807) is 31.0 Å². The lowest BCUT2D eigenvalue weighted by atomic mass is 10.1. The van der Waals surface area contributed by atoms with Crippen molar-refractivity contribution in [2.45, 2.75) is 25.1 Å². The van der Waals surface area contributed by atoms with Gasteiger partial charge in [-0.1, -0.05) is 62.8 Å². The molecule has 0 aliphatic rings. The van der Waals surface area contributed by atoms with E-state index in [9.17, 15) is 31.1 Å². The normalized spacial score (nSPS) is 11.1. The van der Waals surface area contributed by atoms with E-state index in [1.165, 1.54) is 43.4 Å². The molecule has 4 N–H and O–H groups in total. The van der Waals surface area contributed by atoms with Gasteiger partial charge in [0.25, 0.3) is 5.78 Å². The second kappa shape index (κ2) is 22.4. The molecule has 0 aliphatic heterocycles. The molecule has 6 heterocycles. The smallest absolute Gasteiger partial charge is 0.361 e. The molecule has 1 unspecified atom stereocenters. The van der Waals surface area contributed by atoms with Gasteiger partial charge in [-0.05, 0) is 6.92 Å². The van der Waals surface area contributed by atoms with Crippen LogP contribution in [0.25, 0.3) is 11.3 Å². The number of nitrogens with zero attached hydrogens (tertiary/aromatic N) is 12. The molecule has 0 saturated carbocycles. The summed E-state index contributed by atoms with van der Waals surface area (Å²) >= 11 is 11.2. The Morgan fingerprint density at radius 1 is 0.797 bits per heavy atom. The van der Waals surface area contributed by atoms with Crippen LogP contribution in [0.2, 0.25) is 10.3 Å². The highest BCUT2D eigenvalue weighted by atomic mass is 35.5. The van der Waals surface area contributed by atoms with Crippen LogP contribution < -0.4 is 22.2 Å². The number of methoxy groups -OCH3 is 2. The standard InChI is InChI=1S/C10H14O2.C7H6F3N3O.C6H3F3N4.C5H4ClN4P.C4H5ClN4/c1-10(11-2,12-3)9-7-5-4-6-8-9;8-7(9,10)5(14)3-13-6-4-11-1-2-12-6;7-6(8,9)5-12-11-4-3-10-1-2-13(4)5;6-3-4-8-9-5(11)10(4)2-1-7-3;5-3-4(9-6)8-2-1-7-3/h4-8H,1-3H3;1-2,4H,3H2,(H,12,13);1-3H;1-2H,11H2;1-2H,6H2,(H,8,9). The van der Waals surface area contributed by atoms with Gasteiger partial charge in [0, 0.05) is 69.4 Å². The molecule has 0 radical (unpaired) electrons. The van der Waals surface area contributed by atoms with E-state index < -0.39 is 36.3 Å². The van der Waals surface area contributed by atoms with Crippen molar-refractivity contribution in [2.24, 2.45) is 5.84 Å². The van der Waals surface area contributed by atoms with Crippen LogP contribution in [0.4, 0.5) is 38.0 Å². The molecule has 0 bridgehead atoms. The van der Waals surface area contributed by atoms with Crippen LogP contribution in [0.1, 0.15) is 18.3 Å². The van der Waals surface area contributed by atoms with Crippen molar-refractivity contribution in [3.63, 3.8) is 0 Å². The van der Waals surface area contributed by atoms with Crippen molar-refractivity contribution in [1.29, 1.82) is 0 Å². The van der Waals surface area contributed by atoms with Gasteiger partial charge in [-0.2, -0.15) is 26.3 Å². The number of nitrogens with one attached hydrogen (secondary N) is 2. The Balaban J connectivity index is 0.000000198. The van der Waals surface area contributed by atoms with E-state index >= 15 is 0 Å². The van der Waals surface area contributed by atoms with Crippen molar-refractivity contribution in [3.8, 4) is 0 Å². The highest BCUT2D eigenvalue weighted by molar-refractivity contribution is 7.26.